The van der Waals surface area contributed by atoms with Crippen molar-refractivity contribution < 1.29 is 10.2 Å². The van der Waals surface area contributed by atoms with E-state index < -0.39 is 0 Å². The predicted molar refractivity (Wildman–Crippen MR) is 83.4 cm³/mol. The first-order chi connectivity index (χ1) is 10.0. The summed E-state index contributed by atoms with van der Waals surface area (Å²) in [5, 5.41) is 37.8. The minimum absolute atomic E-state index is 0.0624. The Labute approximate surface area is 129 Å². The second kappa shape index (κ2) is 5.30. The highest BCUT2D eigenvalue weighted by molar-refractivity contribution is 7.80. The molecule has 1 aromatic heterocycles. The van der Waals surface area contributed by atoms with Crippen LogP contribution in [0.5, 0.6) is 11.5 Å². The molecule has 3 rings (SSSR count). The Bertz CT molecular complexity index is 861. The third-order valence-corrected chi connectivity index (χ3v) is 3.87. The molecule has 0 unspecified atom stereocenters. The number of hydrogen-bond donors (Lipinski definition) is 3. The third-order valence-electron chi connectivity index (χ3n) is 2.80. The van der Waals surface area contributed by atoms with Gasteiger partial charge in [-0.05, 0) is 30.5 Å². The van der Waals surface area contributed by atoms with Crippen LogP contribution in [0.4, 0.5) is 10.8 Å². The topological polar surface area (TPSA) is 91.0 Å². The van der Waals surface area contributed by atoms with Crippen LogP contribution in [0, 0.1) is 6.92 Å². The quantitative estimate of drug-likeness (QED) is 0.490. The zero-order valence-electron chi connectivity index (χ0n) is 10.8. The molecule has 0 fully saturated rings. The van der Waals surface area contributed by atoms with E-state index in [1.54, 1.807) is 18.2 Å². The summed E-state index contributed by atoms with van der Waals surface area (Å²) in [5.74, 6) is -0.0225. The molecule has 8 heteroatoms. The van der Waals surface area contributed by atoms with Gasteiger partial charge in [-0.1, -0.05) is 17.4 Å². The first kappa shape index (κ1) is 13.8. The number of nitrogens with zero attached hydrogens (tertiary/aromatic N) is 4. The van der Waals surface area contributed by atoms with Crippen molar-refractivity contribution in [3.8, 4) is 11.5 Å². The van der Waals surface area contributed by atoms with Gasteiger partial charge in [0.1, 0.15) is 16.4 Å². The summed E-state index contributed by atoms with van der Waals surface area (Å²) < 4.78 is 0. The van der Waals surface area contributed by atoms with Crippen molar-refractivity contribution in [1.29, 1.82) is 0 Å². The first-order valence-electron chi connectivity index (χ1n) is 5.94. The van der Waals surface area contributed by atoms with Gasteiger partial charge in [-0.25, -0.2) is 0 Å². The van der Waals surface area contributed by atoms with Crippen molar-refractivity contribution in [3.05, 3.63) is 29.3 Å². The summed E-state index contributed by atoms with van der Waals surface area (Å²) in [4.78, 5) is 0.482. The lowest BCUT2D eigenvalue weighted by Crippen LogP contribution is -1.78. The summed E-state index contributed by atoms with van der Waals surface area (Å²) in [5.41, 5.74) is 0.226. The lowest BCUT2D eigenvalue weighted by atomic mass is 10.1. The van der Waals surface area contributed by atoms with E-state index in [2.05, 4.69) is 33.1 Å². The molecule has 6 nitrogen and oxygen atoms in total. The van der Waals surface area contributed by atoms with Gasteiger partial charge >= 0.3 is 0 Å². The maximum absolute atomic E-state index is 10.3. The molecular formula is C13H10N4O2S2. The molecule has 2 N–H and O–H groups in total. The Hall–Kier alpha value is -2.19. The number of azo groups is 1. The molecule has 0 bridgehead atoms. The lowest BCUT2D eigenvalue weighted by Gasteiger charge is -2.07. The smallest absolute Gasteiger partial charge is 0.251 e. The average Bonchev–Trinajstić information content (AvgIpc) is 2.85. The first-order valence-corrected chi connectivity index (χ1v) is 7.20. The lowest BCUT2D eigenvalue weighted by molar-refractivity contribution is 0.471. The Morgan fingerprint density at radius 3 is 2.67 bits per heavy atom. The van der Waals surface area contributed by atoms with Gasteiger partial charge in [0, 0.05) is 10.3 Å². The van der Waals surface area contributed by atoms with E-state index in [1.165, 1.54) is 17.4 Å². The van der Waals surface area contributed by atoms with Gasteiger partial charge in [0.2, 0.25) is 0 Å². The number of benzene rings is 2. The highest BCUT2D eigenvalue weighted by atomic mass is 32.1. The number of hydrogen-bond acceptors (Lipinski definition) is 8. The predicted octanol–water partition coefficient (Wildman–Crippen LogP) is 4.12. The highest BCUT2D eigenvalue weighted by Crippen LogP contribution is 2.41. The molecule has 0 atom stereocenters. The fraction of sp³-hybridized carbons (Fsp3) is 0.0769. The van der Waals surface area contributed by atoms with Crippen LogP contribution in [0.2, 0.25) is 0 Å². The van der Waals surface area contributed by atoms with E-state index in [0.29, 0.717) is 15.4 Å². The van der Waals surface area contributed by atoms with Gasteiger partial charge in [-0.3, -0.25) is 0 Å². The van der Waals surface area contributed by atoms with Crippen molar-refractivity contribution in [2.45, 2.75) is 11.8 Å². The largest absolute Gasteiger partial charge is 0.508 e. The van der Waals surface area contributed by atoms with E-state index in [9.17, 15) is 10.2 Å². The number of aromatic nitrogens is 2. The fourth-order valence-electron chi connectivity index (χ4n) is 1.86. The van der Waals surface area contributed by atoms with E-state index in [4.69, 9.17) is 0 Å². The van der Waals surface area contributed by atoms with Crippen molar-refractivity contribution in [3.63, 3.8) is 0 Å². The Balaban J connectivity index is 2.11. The average molecular weight is 318 g/mol. The molecule has 0 saturated carbocycles. The zero-order chi connectivity index (χ0) is 15.0. The Kier molecular flexibility index (Phi) is 3.48. The second-order valence-corrected chi connectivity index (χ2v) is 5.94. The molecule has 3 aromatic rings. The number of aromatic hydroxyl groups is 2. The number of fused-ring (bicyclic) bond motifs is 1. The zero-order valence-corrected chi connectivity index (χ0v) is 12.6. The number of phenolic OH excluding ortho intramolecular Hbond substituents is 2. The molecule has 2 aromatic carbocycles. The summed E-state index contributed by atoms with van der Waals surface area (Å²) in [6.45, 7) is 1.82. The summed E-state index contributed by atoms with van der Waals surface area (Å²) in [6, 6.07) is 6.45. The van der Waals surface area contributed by atoms with Gasteiger partial charge in [0.05, 0.1) is 0 Å². The van der Waals surface area contributed by atoms with E-state index >= 15 is 0 Å². The molecular weight excluding hydrogens is 308 g/mol. The molecule has 0 aliphatic rings. The van der Waals surface area contributed by atoms with Crippen LogP contribution in [-0.4, -0.2) is 20.4 Å². The van der Waals surface area contributed by atoms with Crippen LogP contribution in [0.3, 0.4) is 0 Å². The van der Waals surface area contributed by atoms with Crippen molar-refractivity contribution >= 4 is 45.6 Å². The molecule has 21 heavy (non-hydrogen) atoms. The Morgan fingerprint density at radius 1 is 1.14 bits per heavy atom. The number of phenols is 2. The van der Waals surface area contributed by atoms with Gasteiger partial charge in [0.15, 0.2) is 5.75 Å². The number of thiol groups is 1. The molecule has 0 amide bonds. The Morgan fingerprint density at radius 2 is 1.95 bits per heavy atom. The van der Waals surface area contributed by atoms with Crippen LogP contribution in [0.1, 0.15) is 5.01 Å². The normalized spacial score (nSPS) is 11.5. The molecule has 0 aliphatic carbocycles. The van der Waals surface area contributed by atoms with Crippen LogP contribution in [-0.2, 0) is 0 Å². The monoisotopic (exact) mass is 318 g/mol. The molecule has 0 radical (unpaired) electrons. The summed E-state index contributed by atoms with van der Waals surface area (Å²) >= 11 is 5.61. The fourth-order valence-corrected chi connectivity index (χ4v) is 2.66. The maximum atomic E-state index is 10.3. The van der Waals surface area contributed by atoms with Crippen LogP contribution in [0.15, 0.2) is 39.4 Å². The summed E-state index contributed by atoms with van der Waals surface area (Å²) in [7, 11) is 0. The van der Waals surface area contributed by atoms with Crippen molar-refractivity contribution in [2.75, 3.05) is 0 Å². The second-order valence-electron chi connectivity index (χ2n) is 4.30. The van der Waals surface area contributed by atoms with Gasteiger partial charge in [-0.2, -0.15) is 0 Å². The van der Waals surface area contributed by atoms with Crippen LogP contribution < -0.4 is 0 Å². The SMILES string of the molecule is Cc1nnc(N=Nc2c(S)cc3ccc(O)cc3c2O)s1. The molecule has 1 heterocycles. The van der Waals surface area contributed by atoms with Gasteiger partial charge < -0.3 is 10.2 Å². The minimum atomic E-state index is -0.0848. The minimum Gasteiger partial charge on any atom is -0.508 e. The van der Waals surface area contributed by atoms with Gasteiger partial charge in [0.25, 0.3) is 5.13 Å². The van der Waals surface area contributed by atoms with E-state index in [1.807, 2.05) is 6.92 Å². The molecule has 0 spiro atoms. The molecule has 0 saturated heterocycles. The maximum Gasteiger partial charge on any atom is 0.251 e. The van der Waals surface area contributed by atoms with E-state index in [-0.39, 0.29) is 17.2 Å². The summed E-state index contributed by atoms with van der Waals surface area (Å²) in [6.07, 6.45) is 0. The molecule has 0 aliphatic heterocycles. The van der Waals surface area contributed by atoms with E-state index in [0.717, 1.165) is 10.4 Å². The highest BCUT2D eigenvalue weighted by Gasteiger charge is 2.11. The van der Waals surface area contributed by atoms with Crippen molar-refractivity contribution in [1.82, 2.24) is 10.2 Å². The number of rotatable bonds is 2. The van der Waals surface area contributed by atoms with Crippen molar-refractivity contribution in [2.24, 2.45) is 10.2 Å². The number of aryl methyl sites for hydroxylation is 1. The van der Waals surface area contributed by atoms with Crippen LogP contribution in [0.25, 0.3) is 10.8 Å². The van der Waals surface area contributed by atoms with Crippen LogP contribution >= 0.6 is 24.0 Å². The standard InChI is InChI=1S/C13H10N4O2S2/c1-6-14-16-13(21-6)17-15-11-10(20)4-7-2-3-8(18)5-9(7)12(11)19/h2-5,18-20H,1H3. The third kappa shape index (κ3) is 2.67. The molecule has 106 valence electrons. The van der Waals surface area contributed by atoms with Gasteiger partial charge in [-0.15, -0.1) is 33.1 Å².